The fraction of sp³-hybridized carbons (Fsp3) is 0.324. The molecule has 4 aliphatic rings. The van der Waals surface area contributed by atoms with Gasteiger partial charge < -0.3 is 14.9 Å². The molecule has 11 heteroatoms. The molecule has 3 aromatic rings. The lowest BCUT2D eigenvalue weighted by molar-refractivity contribution is -0.143. The minimum Gasteiger partial charge on any atom is -0.504 e. The second kappa shape index (κ2) is 11.7. The molecule has 2 aliphatic carbocycles. The molecule has 48 heavy (non-hydrogen) atoms. The summed E-state index contributed by atoms with van der Waals surface area (Å²) >= 11 is 0. The van der Waals surface area contributed by atoms with Gasteiger partial charge in [0.05, 0.1) is 42.4 Å². The summed E-state index contributed by atoms with van der Waals surface area (Å²) < 4.78 is 5.48. The van der Waals surface area contributed by atoms with Crippen molar-refractivity contribution in [1.29, 1.82) is 0 Å². The number of hydrazine groups is 1. The Bertz CT molecular complexity index is 1870. The van der Waals surface area contributed by atoms with Gasteiger partial charge in [-0.1, -0.05) is 71.8 Å². The molecule has 11 nitrogen and oxygen atoms in total. The van der Waals surface area contributed by atoms with Crippen molar-refractivity contribution in [2.75, 3.05) is 19.1 Å². The zero-order chi connectivity index (χ0) is 33.9. The van der Waals surface area contributed by atoms with Crippen LogP contribution in [0.15, 0.2) is 84.4 Å². The number of nitrogens with one attached hydrogen (secondary N) is 1. The van der Waals surface area contributed by atoms with E-state index in [-0.39, 0.29) is 37.3 Å². The summed E-state index contributed by atoms with van der Waals surface area (Å²) in [6.45, 7) is 1.69. The number of allylic oxidation sites excluding steroid dienone is 2. The van der Waals surface area contributed by atoms with E-state index >= 15 is 4.79 Å². The highest BCUT2D eigenvalue weighted by atomic mass is 16.5. The summed E-state index contributed by atoms with van der Waals surface area (Å²) in [7, 11) is 1.43. The molecule has 246 valence electrons. The molecule has 3 N–H and O–H groups in total. The molecule has 3 aromatic carbocycles. The van der Waals surface area contributed by atoms with E-state index in [4.69, 9.17) is 4.74 Å². The van der Waals surface area contributed by atoms with Crippen molar-refractivity contribution in [3.8, 4) is 11.5 Å². The molecular formula is C37H35N3O8. The molecule has 2 saturated heterocycles. The SMILES string of the molecule is COc1cccc([C@H]2C3=CC[C@@H]4C(=O)N(CCC(=O)O)C(=O)[C@@H]4[C@@H]3C[C@H]3C(=O)N(Nc4ccc(C)cc4)C(=O)[C@@]23c2ccccc2)c1O. The molecule has 0 aromatic heterocycles. The minimum atomic E-state index is -1.54. The first-order chi connectivity index (χ1) is 23.1. The molecule has 4 amide bonds. The topological polar surface area (TPSA) is 154 Å². The first-order valence-corrected chi connectivity index (χ1v) is 16.0. The van der Waals surface area contributed by atoms with Crippen LogP contribution < -0.4 is 10.2 Å². The number of amides is 4. The lowest BCUT2D eigenvalue weighted by Crippen LogP contribution is -2.53. The third kappa shape index (κ3) is 4.51. The van der Waals surface area contributed by atoms with Crippen molar-refractivity contribution in [1.82, 2.24) is 9.91 Å². The molecule has 7 rings (SSSR count). The van der Waals surface area contributed by atoms with Gasteiger partial charge in [-0.25, -0.2) is 0 Å². The van der Waals surface area contributed by atoms with E-state index in [1.54, 1.807) is 42.5 Å². The maximum atomic E-state index is 15.1. The largest absolute Gasteiger partial charge is 0.504 e. The maximum Gasteiger partial charge on any atom is 0.305 e. The van der Waals surface area contributed by atoms with Crippen molar-refractivity contribution in [2.24, 2.45) is 23.7 Å². The van der Waals surface area contributed by atoms with E-state index in [1.165, 1.54) is 7.11 Å². The predicted octanol–water partition coefficient (Wildman–Crippen LogP) is 4.17. The van der Waals surface area contributed by atoms with Crippen LogP contribution in [0.25, 0.3) is 0 Å². The first-order valence-electron chi connectivity index (χ1n) is 16.0. The van der Waals surface area contributed by atoms with Gasteiger partial charge in [0.25, 0.3) is 11.8 Å². The number of phenolic OH excluding ortho intramolecular Hbond substituents is 1. The van der Waals surface area contributed by atoms with Crippen molar-refractivity contribution >= 4 is 35.3 Å². The number of hydrogen-bond acceptors (Lipinski definition) is 8. The Labute approximate surface area is 276 Å². The maximum absolute atomic E-state index is 15.1. The van der Waals surface area contributed by atoms with E-state index < -0.39 is 64.6 Å². The summed E-state index contributed by atoms with van der Waals surface area (Å²) in [6.07, 6.45) is 1.78. The van der Waals surface area contributed by atoms with E-state index in [2.05, 4.69) is 5.43 Å². The summed E-state index contributed by atoms with van der Waals surface area (Å²) in [6, 6.07) is 21.3. The number of nitrogens with zero attached hydrogens (tertiary/aromatic N) is 2. The summed E-state index contributed by atoms with van der Waals surface area (Å²) in [5.74, 6) is -7.15. The number of aryl methyl sites for hydroxylation is 1. The van der Waals surface area contributed by atoms with E-state index in [0.29, 0.717) is 22.4 Å². The highest BCUT2D eigenvalue weighted by molar-refractivity contribution is 6.13. The Morgan fingerprint density at radius 3 is 2.35 bits per heavy atom. The van der Waals surface area contributed by atoms with Gasteiger partial charge in [-0.3, -0.25) is 34.3 Å². The predicted molar refractivity (Wildman–Crippen MR) is 172 cm³/mol. The number of carboxylic acids is 1. The fourth-order valence-electron chi connectivity index (χ4n) is 8.52. The van der Waals surface area contributed by atoms with Crippen LogP contribution in [0.4, 0.5) is 5.69 Å². The number of carbonyl (C=O) groups is 5. The number of benzene rings is 3. The third-order valence-corrected chi connectivity index (χ3v) is 10.6. The number of ether oxygens (including phenoxy) is 1. The van der Waals surface area contributed by atoms with Crippen LogP contribution in [0.5, 0.6) is 11.5 Å². The molecule has 0 unspecified atom stereocenters. The smallest absolute Gasteiger partial charge is 0.305 e. The van der Waals surface area contributed by atoms with E-state index in [0.717, 1.165) is 15.5 Å². The van der Waals surface area contributed by atoms with Crippen LogP contribution in [0.3, 0.4) is 0 Å². The first kappa shape index (κ1) is 31.2. The molecule has 2 heterocycles. The van der Waals surface area contributed by atoms with Crippen LogP contribution in [0, 0.1) is 30.6 Å². The fourth-order valence-corrected chi connectivity index (χ4v) is 8.52. The highest BCUT2D eigenvalue weighted by Crippen LogP contribution is 2.65. The Hall–Kier alpha value is -5.45. The number of anilines is 1. The van der Waals surface area contributed by atoms with Crippen molar-refractivity contribution in [3.63, 3.8) is 0 Å². The zero-order valence-corrected chi connectivity index (χ0v) is 26.5. The van der Waals surface area contributed by atoms with E-state index in [9.17, 15) is 29.4 Å². The minimum absolute atomic E-state index is 0.0889. The molecule has 3 fully saturated rings. The average Bonchev–Trinajstić information content (AvgIpc) is 3.46. The van der Waals surface area contributed by atoms with Gasteiger partial charge in [-0.05, 0) is 49.4 Å². The van der Waals surface area contributed by atoms with Crippen LogP contribution in [0.2, 0.25) is 0 Å². The van der Waals surface area contributed by atoms with Gasteiger partial charge >= 0.3 is 5.97 Å². The Balaban J connectivity index is 1.44. The standard InChI is InChI=1S/C37H35N3O8/c1-20-11-13-22(14-12-20)38-40-34(45)27-19-26-23(15-16-24-30(26)35(46)39(33(24)44)18-17-29(41)42)31(25-9-6-10-28(48-2)32(25)43)37(27,36(40)47)21-7-4-3-5-8-21/h3-15,24,26-27,30-31,38,43H,16-19H2,1-2H3,(H,41,42)/t24-,26+,27-,30-,31+,37+/m0/s1. The normalized spacial score (nSPS) is 27.7. The quantitative estimate of drug-likeness (QED) is 0.241. The second-order valence-electron chi connectivity index (χ2n) is 13.0. The van der Waals surface area contributed by atoms with Crippen LogP contribution in [-0.4, -0.2) is 63.4 Å². The lowest BCUT2D eigenvalue weighted by atomic mass is 9.49. The molecular weight excluding hydrogens is 614 g/mol. The van der Waals surface area contributed by atoms with Gasteiger partial charge in [0.2, 0.25) is 11.8 Å². The number of phenols is 1. The summed E-state index contributed by atoms with van der Waals surface area (Å²) in [5.41, 5.74) is 4.66. The molecule has 0 bridgehead atoms. The van der Waals surface area contributed by atoms with Gasteiger partial charge in [0.1, 0.15) is 0 Å². The number of methoxy groups -OCH3 is 1. The number of hydrogen-bond donors (Lipinski definition) is 3. The van der Waals surface area contributed by atoms with Crippen LogP contribution in [0.1, 0.15) is 41.9 Å². The Kier molecular flexibility index (Phi) is 7.57. The third-order valence-electron chi connectivity index (χ3n) is 10.6. The van der Waals surface area contributed by atoms with Crippen molar-refractivity contribution < 1.29 is 38.9 Å². The number of para-hydroxylation sites is 1. The Morgan fingerprint density at radius 1 is 0.938 bits per heavy atom. The van der Waals surface area contributed by atoms with Gasteiger partial charge in [0, 0.05) is 18.0 Å². The lowest BCUT2D eigenvalue weighted by Gasteiger charge is -2.50. The van der Waals surface area contributed by atoms with Crippen LogP contribution >= 0.6 is 0 Å². The van der Waals surface area contributed by atoms with E-state index in [1.807, 2.05) is 43.3 Å². The second-order valence-corrected chi connectivity index (χ2v) is 13.0. The van der Waals surface area contributed by atoms with Gasteiger partial charge in [-0.15, -0.1) is 0 Å². The van der Waals surface area contributed by atoms with Gasteiger partial charge in [-0.2, -0.15) is 5.01 Å². The number of carboxylic acid groups (broad SMARTS) is 1. The number of fused-ring (bicyclic) bond motifs is 4. The number of likely N-dealkylation sites (tertiary alicyclic amines) is 1. The number of imide groups is 2. The van der Waals surface area contributed by atoms with Crippen molar-refractivity contribution in [2.45, 2.75) is 37.5 Å². The average molecular weight is 650 g/mol. The molecule has 2 aliphatic heterocycles. The molecule has 6 atom stereocenters. The molecule has 1 saturated carbocycles. The van der Waals surface area contributed by atoms with Crippen molar-refractivity contribution in [3.05, 3.63) is 101 Å². The summed E-state index contributed by atoms with van der Waals surface area (Å²) in [5, 5.41) is 22.0. The number of rotatable bonds is 8. The van der Waals surface area contributed by atoms with Gasteiger partial charge in [0.15, 0.2) is 11.5 Å². The monoisotopic (exact) mass is 649 g/mol. The number of aromatic hydroxyl groups is 1. The highest BCUT2D eigenvalue weighted by Gasteiger charge is 2.70. The number of aliphatic carboxylic acids is 1. The van der Waals surface area contributed by atoms with Crippen LogP contribution in [-0.2, 0) is 29.4 Å². The Morgan fingerprint density at radius 2 is 1.67 bits per heavy atom. The molecule has 0 spiro atoms. The number of carbonyl (C=O) groups excluding carboxylic acids is 4. The zero-order valence-electron chi connectivity index (χ0n) is 26.5. The molecule has 0 radical (unpaired) electrons. The summed E-state index contributed by atoms with van der Waals surface area (Å²) in [4.78, 5) is 69.7.